The molecule has 21 nitrogen and oxygen atoms in total. The van der Waals surface area contributed by atoms with Gasteiger partial charge < -0.3 is 26.4 Å². The minimum absolute atomic E-state index is 0.0508. The number of para-hydroxylation sites is 1. The van der Waals surface area contributed by atoms with Gasteiger partial charge in [0.1, 0.15) is 8.42 Å². The van der Waals surface area contributed by atoms with Gasteiger partial charge in [0, 0.05) is 94.8 Å². The molecule has 2 aromatic heterocycles. The Labute approximate surface area is 435 Å². The molecule has 2 amide bonds. The molecule has 2 aliphatic heterocycles. The number of anilines is 2. The minimum Gasteiger partial charge on any atom is -0.395 e. The van der Waals surface area contributed by atoms with Gasteiger partial charge in [-0.3, -0.25) is 29.8 Å². The van der Waals surface area contributed by atoms with Crippen molar-refractivity contribution < 1.29 is 49.8 Å². The fraction of sp³-hybridized carbons (Fsp3) is 0.292. The zero-order chi connectivity index (χ0) is 53.0. The second-order valence-corrected chi connectivity index (χ2v) is 25.8. The van der Waals surface area contributed by atoms with Crippen LogP contribution < -0.4 is 21.3 Å². The van der Waals surface area contributed by atoms with Crippen molar-refractivity contribution in [1.29, 1.82) is 0 Å². The number of aliphatic hydroxyl groups excluding tert-OH is 1. The summed E-state index contributed by atoms with van der Waals surface area (Å²) in [5.41, 5.74) is 1.57. The molecule has 26 heteroatoms. The summed E-state index contributed by atoms with van der Waals surface area (Å²) in [5, 5.41) is 42.9. The van der Waals surface area contributed by atoms with Crippen LogP contribution in [0.15, 0.2) is 141 Å². The standard InChI is InChI=1S/C25H28N4O8S3.C23H24N4O5S2/c30-13-14-39(34,35)23-6-2-4-20(16-23)27-19-9-11-28(12-10-19)40(36,37)24-8-7-22(38-24)17-26-25(31)18-3-1-5-21(15-18)29(32)33;28-23(17-5-4-8-20(15-17)27(29)30)24-16-21-9-10-22(33-21)34(31,32)26-13-11-19(12-14-26)25-18-6-2-1-3-7-18/h1-8,15-16,19,27,30H,9-14,17H2,(H,26,31);1-10,15,19,25H,11-14,16H2,(H,24,28). The quantitative estimate of drug-likeness (QED) is 0.0429. The Kier molecular flexibility index (Phi) is 18.3. The number of benzene rings is 4. The van der Waals surface area contributed by atoms with E-state index in [-0.39, 0.29) is 79.8 Å². The van der Waals surface area contributed by atoms with Crippen molar-refractivity contribution in [3.05, 3.63) is 169 Å². The third-order valence-electron chi connectivity index (χ3n) is 11.9. The number of piperidine rings is 2. The second kappa shape index (κ2) is 24.6. The first-order valence-corrected chi connectivity index (χ1v) is 29.2. The summed E-state index contributed by atoms with van der Waals surface area (Å²) in [5.74, 6) is -1.33. The highest BCUT2D eigenvalue weighted by Gasteiger charge is 2.32. The van der Waals surface area contributed by atoms with E-state index in [2.05, 4.69) is 21.3 Å². The monoisotopic (exact) mass is 1110 g/mol. The number of nitro groups is 2. The topological polar surface area (TPSA) is 298 Å². The van der Waals surface area contributed by atoms with Gasteiger partial charge in [-0.15, -0.1) is 22.7 Å². The van der Waals surface area contributed by atoms with Gasteiger partial charge in [0.25, 0.3) is 43.2 Å². The molecule has 0 bridgehead atoms. The number of nitrogens with one attached hydrogen (secondary N) is 4. The molecule has 5 N–H and O–H groups in total. The van der Waals surface area contributed by atoms with Gasteiger partial charge in [-0.25, -0.2) is 25.3 Å². The highest BCUT2D eigenvalue weighted by molar-refractivity contribution is 7.92. The molecule has 74 heavy (non-hydrogen) atoms. The van der Waals surface area contributed by atoms with Crippen LogP contribution in [-0.2, 0) is 43.0 Å². The van der Waals surface area contributed by atoms with Crippen LogP contribution in [0, 0.1) is 20.2 Å². The number of thiophene rings is 2. The summed E-state index contributed by atoms with van der Waals surface area (Å²) in [6.45, 7) is 1.16. The van der Waals surface area contributed by atoms with Crippen molar-refractivity contribution in [2.24, 2.45) is 0 Å². The average Bonchev–Trinajstić information content (AvgIpc) is 4.10. The van der Waals surface area contributed by atoms with Crippen molar-refractivity contribution in [2.75, 3.05) is 49.2 Å². The maximum absolute atomic E-state index is 13.2. The molecule has 0 unspecified atom stereocenters. The maximum atomic E-state index is 13.2. The summed E-state index contributed by atoms with van der Waals surface area (Å²) >= 11 is 2.16. The number of nitro benzene ring substituents is 2. The van der Waals surface area contributed by atoms with Crippen LogP contribution in [0.3, 0.4) is 0 Å². The van der Waals surface area contributed by atoms with E-state index in [1.807, 2.05) is 30.3 Å². The predicted octanol–water partition coefficient (Wildman–Crippen LogP) is 6.47. The van der Waals surface area contributed by atoms with Gasteiger partial charge >= 0.3 is 0 Å². The fourth-order valence-corrected chi connectivity index (χ4v) is 14.9. The van der Waals surface area contributed by atoms with Crippen molar-refractivity contribution in [3.8, 4) is 0 Å². The van der Waals surface area contributed by atoms with Gasteiger partial charge in [-0.05, 0) is 92.4 Å². The molecular formula is C48H52N8O13S5. The van der Waals surface area contributed by atoms with Gasteiger partial charge in [0.2, 0.25) is 0 Å². The Hall–Kier alpha value is -6.65. The predicted molar refractivity (Wildman–Crippen MR) is 280 cm³/mol. The lowest BCUT2D eigenvalue weighted by molar-refractivity contribution is -0.385. The molecule has 4 heterocycles. The first-order valence-electron chi connectivity index (χ1n) is 23.1. The van der Waals surface area contributed by atoms with Crippen molar-refractivity contribution in [2.45, 2.75) is 64.2 Å². The van der Waals surface area contributed by atoms with E-state index in [9.17, 15) is 55.1 Å². The van der Waals surface area contributed by atoms with E-state index < -0.39 is 58.2 Å². The second-order valence-electron chi connectivity index (χ2n) is 17.0. The molecule has 0 radical (unpaired) electrons. The Morgan fingerprint density at radius 1 is 0.568 bits per heavy atom. The lowest BCUT2D eigenvalue weighted by Crippen LogP contribution is -2.42. The average molecular weight is 1110 g/mol. The molecule has 2 saturated heterocycles. The van der Waals surface area contributed by atoms with E-state index in [1.54, 1.807) is 30.3 Å². The SMILES string of the molecule is O=C(NCc1ccc(S(=O)(=O)N2CCC(Nc3cccc(S(=O)(=O)CCO)c3)CC2)s1)c1cccc([N+](=O)[O-])c1.O=C(NCc1ccc(S(=O)(=O)N2CCC(Nc3ccccc3)CC2)s1)c1cccc([N+](=O)[O-])c1. The van der Waals surface area contributed by atoms with Crippen LogP contribution in [0.4, 0.5) is 22.7 Å². The first-order chi connectivity index (χ1) is 35.3. The summed E-state index contributed by atoms with van der Waals surface area (Å²) in [6, 6.07) is 33.5. The third-order valence-corrected chi connectivity index (χ3v) is 20.5. The van der Waals surface area contributed by atoms with Crippen LogP contribution in [0.1, 0.15) is 56.2 Å². The number of hydrogen-bond donors (Lipinski definition) is 5. The third kappa shape index (κ3) is 14.3. The van der Waals surface area contributed by atoms with Crippen LogP contribution in [0.25, 0.3) is 0 Å². The molecule has 392 valence electrons. The fourth-order valence-electron chi connectivity index (χ4n) is 8.00. The highest BCUT2D eigenvalue weighted by atomic mass is 32.3. The number of hydrogen-bond acceptors (Lipinski definition) is 17. The number of aliphatic hydroxyl groups is 1. The first kappa shape index (κ1) is 55.1. The highest BCUT2D eigenvalue weighted by Crippen LogP contribution is 2.30. The molecule has 2 fully saturated rings. The maximum Gasteiger partial charge on any atom is 0.270 e. The summed E-state index contributed by atoms with van der Waals surface area (Å²) in [4.78, 5) is 46.8. The number of carbonyl (C=O) groups excluding carboxylic acids is 2. The molecule has 6 aromatic rings. The van der Waals surface area contributed by atoms with Crippen LogP contribution >= 0.6 is 22.7 Å². The Balaban J connectivity index is 0.000000219. The smallest absolute Gasteiger partial charge is 0.270 e. The number of nitrogens with zero attached hydrogens (tertiary/aromatic N) is 4. The molecule has 0 spiro atoms. The van der Waals surface area contributed by atoms with Gasteiger partial charge in [0.15, 0.2) is 9.84 Å². The Morgan fingerprint density at radius 2 is 1.00 bits per heavy atom. The molecule has 8 rings (SSSR count). The molecule has 0 atom stereocenters. The van der Waals surface area contributed by atoms with Crippen LogP contribution in [0.2, 0.25) is 0 Å². The van der Waals surface area contributed by atoms with Gasteiger partial charge in [-0.1, -0.05) is 36.4 Å². The van der Waals surface area contributed by atoms with Crippen molar-refractivity contribution >= 4 is 87.1 Å². The van der Waals surface area contributed by atoms with Gasteiger partial charge in [-0.2, -0.15) is 8.61 Å². The summed E-state index contributed by atoms with van der Waals surface area (Å²) in [7, 11) is -10.9. The lowest BCUT2D eigenvalue weighted by atomic mass is 10.1. The largest absolute Gasteiger partial charge is 0.395 e. The zero-order valence-electron chi connectivity index (χ0n) is 39.4. The van der Waals surface area contributed by atoms with Crippen LogP contribution in [-0.4, -0.2) is 111 Å². The Morgan fingerprint density at radius 3 is 1.45 bits per heavy atom. The zero-order valence-corrected chi connectivity index (χ0v) is 43.5. The number of amides is 2. The summed E-state index contributed by atoms with van der Waals surface area (Å²) < 4.78 is 80.4. The van der Waals surface area contributed by atoms with E-state index in [0.717, 1.165) is 28.4 Å². The molecule has 0 saturated carbocycles. The normalized spacial score (nSPS) is 15.0. The molecule has 2 aliphatic rings. The number of non-ortho nitro benzene ring substituents is 2. The molecular weight excluding hydrogens is 1060 g/mol. The molecule has 0 aliphatic carbocycles. The van der Waals surface area contributed by atoms with Crippen molar-refractivity contribution in [3.63, 3.8) is 0 Å². The number of sulfone groups is 1. The van der Waals surface area contributed by atoms with E-state index in [0.29, 0.717) is 54.2 Å². The van der Waals surface area contributed by atoms with E-state index in [1.165, 1.54) is 75.3 Å². The van der Waals surface area contributed by atoms with Gasteiger partial charge in [0.05, 0.1) is 40.2 Å². The number of carbonyl (C=O) groups is 2. The molecule has 4 aromatic carbocycles. The number of sulfonamides is 2. The lowest BCUT2D eigenvalue weighted by Gasteiger charge is -2.31. The minimum atomic E-state index is -3.74. The van der Waals surface area contributed by atoms with E-state index in [4.69, 9.17) is 5.11 Å². The van der Waals surface area contributed by atoms with E-state index >= 15 is 0 Å². The summed E-state index contributed by atoms with van der Waals surface area (Å²) in [6.07, 6.45) is 2.46. The van der Waals surface area contributed by atoms with Crippen LogP contribution in [0.5, 0.6) is 0 Å². The number of rotatable bonds is 19. The van der Waals surface area contributed by atoms with Crippen molar-refractivity contribution in [1.82, 2.24) is 19.2 Å². The Bertz CT molecular complexity index is 3300.